The molecule has 0 spiro atoms. The van der Waals surface area contributed by atoms with E-state index < -0.39 is 0 Å². The molecule has 0 saturated carbocycles. The molecule has 2 N–H and O–H groups in total. The van der Waals surface area contributed by atoms with E-state index in [1.807, 2.05) is 0 Å². The van der Waals surface area contributed by atoms with Gasteiger partial charge in [0.2, 0.25) is 5.75 Å². The lowest BCUT2D eigenvalue weighted by Crippen LogP contribution is -1.92. The van der Waals surface area contributed by atoms with Crippen molar-refractivity contribution >= 4 is 18.7 Å². The van der Waals surface area contributed by atoms with Crippen LogP contribution in [0, 0.1) is 0 Å². The van der Waals surface area contributed by atoms with Gasteiger partial charge in [0.05, 0.1) is 26.6 Å². The molecule has 7 nitrogen and oxygen atoms in total. The average Bonchev–Trinajstić information content (AvgIpc) is 2.62. The van der Waals surface area contributed by atoms with Crippen LogP contribution >= 0.6 is 0 Å². The van der Waals surface area contributed by atoms with Crippen LogP contribution in [0.3, 0.4) is 0 Å². The number of carbonyl (C=O) groups is 1. The van der Waals surface area contributed by atoms with Gasteiger partial charge in [-0.3, -0.25) is 0 Å². The van der Waals surface area contributed by atoms with Crippen molar-refractivity contribution < 1.29 is 24.5 Å². The van der Waals surface area contributed by atoms with Crippen molar-refractivity contribution in [3.05, 3.63) is 47.0 Å². The van der Waals surface area contributed by atoms with E-state index in [-0.39, 0.29) is 29.4 Å². The Labute approximate surface area is 144 Å². The Morgan fingerprint density at radius 3 is 2.12 bits per heavy atom. The zero-order chi connectivity index (χ0) is 18.2. The Kier molecular flexibility index (Phi) is 6.11. The molecule has 0 fully saturated rings. The molecule has 2 aromatic carbocycles. The molecule has 0 amide bonds. The molecule has 0 radical (unpaired) electrons. The minimum atomic E-state index is -0.0857. The first-order valence-corrected chi connectivity index (χ1v) is 7.36. The van der Waals surface area contributed by atoms with E-state index in [2.05, 4.69) is 10.2 Å². The van der Waals surface area contributed by atoms with Crippen LogP contribution in [0.15, 0.2) is 40.5 Å². The SMILES string of the molecule is COc1cc(/C=N/N=C/c2ccc(O)c(CC=O)c2)cc(OC)c1O. The van der Waals surface area contributed by atoms with Crippen molar-refractivity contribution in [3.63, 3.8) is 0 Å². The Morgan fingerprint density at radius 2 is 1.56 bits per heavy atom. The highest BCUT2D eigenvalue weighted by molar-refractivity contribution is 5.84. The van der Waals surface area contributed by atoms with Crippen molar-refractivity contribution in [1.29, 1.82) is 0 Å². The molecular weight excluding hydrogens is 324 g/mol. The maximum Gasteiger partial charge on any atom is 0.200 e. The van der Waals surface area contributed by atoms with Gasteiger partial charge in [-0.1, -0.05) is 0 Å². The Morgan fingerprint density at radius 1 is 0.960 bits per heavy atom. The maximum atomic E-state index is 10.6. The molecule has 2 rings (SSSR count). The highest BCUT2D eigenvalue weighted by Crippen LogP contribution is 2.36. The second-order valence-electron chi connectivity index (χ2n) is 5.02. The molecule has 0 aliphatic heterocycles. The molecule has 0 saturated heterocycles. The fourth-order valence-corrected chi connectivity index (χ4v) is 2.13. The number of ether oxygens (including phenoxy) is 2. The lowest BCUT2D eigenvalue weighted by molar-refractivity contribution is -0.107. The number of carbonyl (C=O) groups excluding carboxylic acids is 1. The van der Waals surface area contributed by atoms with Crippen LogP contribution in [0.1, 0.15) is 16.7 Å². The lowest BCUT2D eigenvalue weighted by atomic mass is 10.1. The van der Waals surface area contributed by atoms with Crippen molar-refractivity contribution in [2.75, 3.05) is 14.2 Å². The zero-order valence-electron chi connectivity index (χ0n) is 13.8. The maximum absolute atomic E-state index is 10.6. The number of phenolic OH excluding ortho intramolecular Hbond substituents is 2. The summed E-state index contributed by atoms with van der Waals surface area (Å²) in [5.41, 5.74) is 1.86. The number of rotatable bonds is 7. The second kappa shape index (κ2) is 8.49. The Hall–Kier alpha value is -3.35. The molecule has 130 valence electrons. The zero-order valence-corrected chi connectivity index (χ0v) is 13.8. The number of aldehydes is 1. The van der Waals surface area contributed by atoms with Crippen LogP contribution in [-0.4, -0.2) is 43.1 Å². The molecule has 0 aliphatic carbocycles. The highest BCUT2D eigenvalue weighted by atomic mass is 16.5. The highest BCUT2D eigenvalue weighted by Gasteiger charge is 2.10. The summed E-state index contributed by atoms with van der Waals surface area (Å²) >= 11 is 0. The number of nitrogens with zero attached hydrogens (tertiary/aromatic N) is 2. The molecule has 0 unspecified atom stereocenters. The van der Waals surface area contributed by atoms with Gasteiger partial charge >= 0.3 is 0 Å². The molecule has 0 bridgehead atoms. The van der Waals surface area contributed by atoms with E-state index in [4.69, 9.17) is 9.47 Å². The molecule has 2 aromatic rings. The van der Waals surface area contributed by atoms with Crippen LogP contribution < -0.4 is 9.47 Å². The molecule has 0 heterocycles. The topological polar surface area (TPSA) is 101 Å². The van der Waals surface area contributed by atoms with Gasteiger partial charge in [-0.15, -0.1) is 0 Å². The fourth-order valence-electron chi connectivity index (χ4n) is 2.13. The Balaban J connectivity index is 2.16. The van der Waals surface area contributed by atoms with Crippen LogP contribution in [-0.2, 0) is 11.2 Å². The molecule has 25 heavy (non-hydrogen) atoms. The lowest BCUT2D eigenvalue weighted by Gasteiger charge is -2.08. The number of phenols is 2. The second-order valence-corrected chi connectivity index (χ2v) is 5.02. The van der Waals surface area contributed by atoms with Gasteiger partial charge in [-0.25, -0.2) is 0 Å². The average molecular weight is 342 g/mol. The fraction of sp³-hybridized carbons (Fsp3) is 0.167. The van der Waals surface area contributed by atoms with E-state index in [1.165, 1.54) is 32.7 Å². The van der Waals surface area contributed by atoms with Crippen molar-refractivity contribution in [2.45, 2.75) is 6.42 Å². The van der Waals surface area contributed by atoms with Gasteiger partial charge in [-0.05, 0) is 35.9 Å². The predicted molar refractivity (Wildman–Crippen MR) is 94.3 cm³/mol. The van der Waals surface area contributed by atoms with Crippen LogP contribution in [0.25, 0.3) is 0 Å². The van der Waals surface area contributed by atoms with E-state index in [0.29, 0.717) is 16.7 Å². The van der Waals surface area contributed by atoms with E-state index in [9.17, 15) is 15.0 Å². The van der Waals surface area contributed by atoms with Crippen molar-refractivity contribution in [3.8, 4) is 23.0 Å². The number of methoxy groups -OCH3 is 2. The van der Waals surface area contributed by atoms with Gasteiger partial charge in [0.15, 0.2) is 11.5 Å². The quantitative estimate of drug-likeness (QED) is 0.457. The van der Waals surface area contributed by atoms with Gasteiger partial charge in [-0.2, -0.15) is 10.2 Å². The van der Waals surface area contributed by atoms with Gasteiger partial charge in [0.1, 0.15) is 12.0 Å². The first kappa shape index (κ1) is 18.0. The standard InChI is InChI=1S/C18H18N2O5/c1-24-16-8-13(9-17(25-2)18(16)23)11-20-19-10-12-3-4-15(22)14(7-12)5-6-21/h3-4,6-11,22-23H,5H2,1-2H3/b19-10+,20-11+. The normalized spacial score (nSPS) is 11.1. The van der Waals surface area contributed by atoms with Gasteiger partial charge in [0, 0.05) is 17.5 Å². The smallest absolute Gasteiger partial charge is 0.200 e. The van der Waals surface area contributed by atoms with Crippen LogP contribution in [0.2, 0.25) is 0 Å². The molecule has 7 heteroatoms. The third-order valence-corrected chi connectivity index (χ3v) is 3.39. The minimum Gasteiger partial charge on any atom is -0.508 e. The summed E-state index contributed by atoms with van der Waals surface area (Å²) < 4.78 is 10.1. The summed E-state index contributed by atoms with van der Waals surface area (Å²) in [6, 6.07) is 8.02. The summed E-state index contributed by atoms with van der Waals surface area (Å²) in [4.78, 5) is 10.6. The summed E-state index contributed by atoms with van der Waals surface area (Å²) in [7, 11) is 2.88. The van der Waals surface area contributed by atoms with Gasteiger partial charge in [0.25, 0.3) is 0 Å². The molecule has 0 aliphatic rings. The molecule has 0 aromatic heterocycles. The predicted octanol–water partition coefficient (Wildman–Crippen LogP) is 2.31. The summed E-state index contributed by atoms with van der Waals surface area (Å²) in [6.07, 6.45) is 3.83. The van der Waals surface area contributed by atoms with Crippen molar-refractivity contribution in [1.82, 2.24) is 0 Å². The Bertz CT molecular complexity index is 790. The number of hydrogen-bond acceptors (Lipinski definition) is 7. The monoisotopic (exact) mass is 342 g/mol. The van der Waals surface area contributed by atoms with Crippen LogP contribution in [0.5, 0.6) is 23.0 Å². The van der Waals surface area contributed by atoms with E-state index in [0.717, 1.165) is 6.29 Å². The minimum absolute atomic E-state index is 0.0658. The summed E-state index contributed by atoms with van der Waals surface area (Å²) in [6.45, 7) is 0. The molecular formula is C18H18N2O5. The first-order valence-electron chi connectivity index (χ1n) is 7.36. The van der Waals surface area contributed by atoms with E-state index >= 15 is 0 Å². The first-order chi connectivity index (χ1) is 12.1. The van der Waals surface area contributed by atoms with Crippen LogP contribution in [0.4, 0.5) is 0 Å². The van der Waals surface area contributed by atoms with Gasteiger partial charge < -0.3 is 24.5 Å². The summed E-state index contributed by atoms with van der Waals surface area (Å²) in [5, 5.41) is 27.4. The number of aromatic hydroxyl groups is 2. The summed E-state index contributed by atoms with van der Waals surface area (Å²) in [5.74, 6) is 0.511. The third kappa shape index (κ3) is 4.57. The molecule has 0 atom stereocenters. The largest absolute Gasteiger partial charge is 0.508 e. The number of benzene rings is 2. The third-order valence-electron chi connectivity index (χ3n) is 3.39. The van der Waals surface area contributed by atoms with E-state index in [1.54, 1.807) is 24.3 Å². The van der Waals surface area contributed by atoms with Crippen molar-refractivity contribution in [2.24, 2.45) is 10.2 Å². The number of hydrogen-bond donors (Lipinski definition) is 2.